The molecule has 1 aromatic heterocycles. The van der Waals surface area contributed by atoms with E-state index in [1.165, 1.54) is 30.2 Å². The predicted octanol–water partition coefficient (Wildman–Crippen LogP) is 3.31. The third-order valence-electron chi connectivity index (χ3n) is 5.00. The Hall–Kier alpha value is -3.00. The van der Waals surface area contributed by atoms with E-state index >= 15 is 0 Å². The molecule has 1 N–H and O–H groups in total. The number of methoxy groups -OCH3 is 2. The molecular weight excluding hydrogens is 391 g/mol. The minimum Gasteiger partial charge on any atom is -0.464 e. The van der Waals surface area contributed by atoms with Crippen LogP contribution >= 0.6 is 0 Å². The van der Waals surface area contributed by atoms with Crippen LogP contribution in [-0.4, -0.2) is 61.0 Å². The second kappa shape index (κ2) is 10.2. The third-order valence-corrected chi connectivity index (χ3v) is 5.00. The number of nitrogens with one attached hydrogen (secondary N) is 1. The molecule has 1 aromatic carbocycles. The Morgan fingerprint density at radius 3 is 2.50 bits per heavy atom. The fraction of sp³-hybridized carbons (Fsp3) is 0.409. The molecule has 8 heteroatoms. The van der Waals surface area contributed by atoms with Gasteiger partial charge < -0.3 is 19.4 Å². The van der Waals surface area contributed by atoms with E-state index in [0.717, 1.165) is 6.07 Å². The van der Waals surface area contributed by atoms with Gasteiger partial charge in [-0.3, -0.25) is 9.59 Å². The number of aryl methyl sites for hydroxylation is 1. The smallest absolute Gasteiger partial charge is 0.354 e. The number of amides is 1. The number of hydrogen-bond donors (Lipinski definition) is 1. The number of nitrogens with zero attached hydrogens (tertiary/aromatic N) is 1. The van der Waals surface area contributed by atoms with Crippen molar-refractivity contribution in [3.63, 3.8) is 0 Å². The average molecular weight is 418 g/mol. The van der Waals surface area contributed by atoms with Crippen molar-refractivity contribution >= 4 is 17.7 Å². The average Bonchev–Trinajstić information content (AvgIpc) is 3.03. The van der Waals surface area contributed by atoms with Gasteiger partial charge in [-0.15, -0.1) is 0 Å². The van der Waals surface area contributed by atoms with E-state index in [2.05, 4.69) is 4.98 Å². The molecule has 0 saturated carbocycles. The molecule has 1 heterocycles. The molecule has 2 aromatic rings. The van der Waals surface area contributed by atoms with Gasteiger partial charge in [0, 0.05) is 37.1 Å². The van der Waals surface area contributed by atoms with Gasteiger partial charge in [0.05, 0.1) is 13.2 Å². The zero-order chi connectivity index (χ0) is 22.4. The molecule has 30 heavy (non-hydrogen) atoms. The van der Waals surface area contributed by atoms with Gasteiger partial charge in [-0.1, -0.05) is 6.07 Å². The van der Waals surface area contributed by atoms with Gasteiger partial charge >= 0.3 is 5.97 Å². The number of rotatable bonds is 9. The Morgan fingerprint density at radius 2 is 1.90 bits per heavy atom. The molecule has 0 spiro atoms. The van der Waals surface area contributed by atoms with E-state index in [1.54, 1.807) is 27.9 Å². The molecule has 1 unspecified atom stereocenters. The van der Waals surface area contributed by atoms with Crippen molar-refractivity contribution in [3.8, 4) is 0 Å². The summed E-state index contributed by atoms with van der Waals surface area (Å²) >= 11 is 0. The van der Waals surface area contributed by atoms with Gasteiger partial charge in [0.1, 0.15) is 11.5 Å². The van der Waals surface area contributed by atoms with Gasteiger partial charge in [-0.05, 0) is 51.0 Å². The van der Waals surface area contributed by atoms with Gasteiger partial charge in [0.25, 0.3) is 5.91 Å². The summed E-state index contributed by atoms with van der Waals surface area (Å²) in [6.45, 7) is 5.61. The minimum atomic E-state index is -0.837. The Balaban J connectivity index is 2.39. The highest BCUT2D eigenvalue weighted by Gasteiger charge is 2.31. The highest BCUT2D eigenvalue weighted by atomic mass is 19.1. The first kappa shape index (κ1) is 23.3. The second-order valence-corrected chi connectivity index (χ2v) is 7.01. The topological polar surface area (TPSA) is 88.7 Å². The van der Waals surface area contributed by atoms with Crippen LogP contribution in [0.5, 0.6) is 0 Å². The van der Waals surface area contributed by atoms with Gasteiger partial charge in [0.15, 0.2) is 5.78 Å². The highest BCUT2D eigenvalue weighted by molar-refractivity contribution is 6.07. The lowest BCUT2D eigenvalue weighted by atomic mass is 9.99. The fourth-order valence-electron chi connectivity index (χ4n) is 3.41. The lowest BCUT2D eigenvalue weighted by Crippen LogP contribution is -2.44. The molecule has 0 aliphatic carbocycles. The largest absolute Gasteiger partial charge is 0.464 e. The maximum absolute atomic E-state index is 13.6. The maximum atomic E-state index is 13.6. The normalized spacial score (nSPS) is 11.8. The van der Waals surface area contributed by atoms with Crippen LogP contribution in [0.25, 0.3) is 0 Å². The number of esters is 1. The number of benzene rings is 1. The Kier molecular flexibility index (Phi) is 7.88. The van der Waals surface area contributed by atoms with Crippen molar-refractivity contribution in [3.05, 3.63) is 58.2 Å². The van der Waals surface area contributed by atoms with E-state index < -0.39 is 23.7 Å². The molecule has 2 rings (SSSR count). The molecular formula is C22H27FN2O5. The number of halogens is 1. The Bertz CT molecular complexity index is 938. The van der Waals surface area contributed by atoms with Crippen LogP contribution in [0, 0.1) is 19.7 Å². The zero-order valence-electron chi connectivity index (χ0n) is 17.9. The summed E-state index contributed by atoms with van der Waals surface area (Å²) in [7, 11) is 2.81. The Morgan fingerprint density at radius 1 is 1.20 bits per heavy atom. The van der Waals surface area contributed by atoms with E-state index in [9.17, 15) is 18.8 Å². The van der Waals surface area contributed by atoms with Crippen LogP contribution in [0.4, 0.5) is 4.39 Å². The van der Waals surface area contributed by atoms with Crippen LogP contribution in [0.3, 0.4) is 0 Å². The molecule has 7 nitrogen and oxygen atoms in total. The van der Waals surface area contributed by atoms with Crippen LogP contribution in [0.15, 0.2) is 24.3 Å². The number of aromatic amines is 1. The summed E-state index contributed by atoms with van der Waals surface area (Å²) in [5, 5.41) is 0. The molecule has 162 valence electrons. The number of ether oxygens (including phenoxy) is 2. The van der Waals surface area contributed by atoms with Crippen molar-refractivity contribution in [2.24, 2.45) is 0 Å². The molecule has 0 fully saturated rings. The summed E-state index contributed by atoms with van der Waals surface area (Å²) in [6, 6.07) is 4.52. The van der Waals surface area contributed by atoms with Crippen molar-refractivity contribution in [2.45, 2.75) is 33.2 Å². The van der Waals surface area contributed by atoms with E-state index in [4.69, 9.17) is 9.47 Å². The summed E-state index contributed by atoms with van der Waals surface area (Å²) in [4.78, 5) is 42.6. The number of H-pyrrole nitrogens is 1. The number of Topliss-reactive ketones (excluding diaryl/α,β-unsaturated/α-hetero) is 1. The summed E-state index contributed by atoms with van der Waals surface area (Å²) < 4.78 is 23.4. The van der Waals surface area contributed by atoms with Crippen LogP contribution in [0.1, 0.15) is 55.8 Å². The van der Waals surface area contributed by atoms with Gasteiger partial charge in [-0.25, -0.2) is 9.18 Å². The molecule has 1 atom stereocenters. The van der Waals surface area contributed by atoms with Crippen molar-refractivity contribution < 1.29 is 28.2 Å². The predicted molar refractivity (Wildman–Crippen MR) is 109 cm³/mol. The van der Waals surface area contributed by atoms with Crippen molar-refractivity contribution in [2.75, 3.05) is 27.4 Å². The zero-order valence-corrected chi connectivity index (χ0v) is 17.9. The quantitative estimate of drug-likeness (QED) is 0.383. The van der Waals surface area contributed by atoms with Crippen LogP contribution in [-0.2, 0) is 9.47 Å². The molecule has 0 aliphatic heterocycles. The SMILES string of the molecule is COCCCN(C(=O)c1cccc(F)c1)C(C)C(=O)c1c(C)[nH]c(C(=O)OC)c1C. The molecule has 0 aliphatic rings. The third kappa shape index (κ3) is 4.94. The fourth-order valence-corrected chi connectivity index (χ4v) is 3.41. The summed E-state index contributed by atoms with van der Waals surface area (Å²) in [5.41, 5.74) is 1.68. The summed E-state index contributed by atoms with van der Waals surface area (Å²) in [5.74, 6) is -1.88. The standard InChI is InChI=1S/C22H27FN2O5/c1-13-18(14(2)24-19(13)22(28)30-5)20(26)15(3)25(10-7-11-29-4)21(27)16-8-6-9-17(23)12-16/h6,8-9,12,15,24H,7,10-11H2,1-5H3. The molecule has 0 saturated heterocycles. The molecule has 0 radical (unpaired) electrons. The van der Waals surface area contributed by atoms with Crippen molar-refractivity contribution in [1.82, 2.24) is 9.88 Å². The second-order valence-electron chi connectivity index (χ2n) is 7.01. The molecule has 1 amide bonds. The monoisotopic (exact) mass is 418 g/mol. The lowest BCUT2D eigenvalue weighted by molar-refractivity contribution is 0.0591. The van der Waals surface area contributed by atoms with E-state index in [-0.39, 0.29) is 23.6 Å². The van der Waals surface area contributed by atoms with Crippen molar-refractivity contribution in [1.29, 1.82) is 0 Å². The first-order chi connectivity index (χ1) is 14.2. The first-order valence-corrected chi connectivity index (χ1v) is 9.60. The first-order valence-electron chi connectivity index (χ1n) is 9.60. The lowest BCUT2D eigenvalue weighted by Gasteiger charge is -2.29. The Labute approximate surface area is 175 Å². The van der Waals surface area contributed by atoms with Crippen LogP contribution < -0.4 is 0 Å². The van der Waals surface area contributed by atoms with Gasteiger partial charge in [0.2, 0.25) is 0 Å². The summed E-state index contributed by atoms with van der Waals surface area (Å²) in [6.07, 6.45) is 0.508. The van der Waals surface area contributed by atoms with E-state index in [0.29, 0.717) is 29.8 Å². The number of ketones is 1. The highest BCUT2D eigenvalue weighted by Crippen LogP contribution is 2.23. The van der Waals surface area contributed by atoms with Gasteiger partial charge in [-0.2, -0.15) is 0 Å². The number of hydrogen-bond acceptors (Lipinski definition) is 5. The van der Waals surface area contributed by atoms with Crippen LogP contribution in [0.2, 0.25) is 0 Å². The van der Waals surface area contributed by atoms with E-state index in [1.807, 2.05) is 0 Å². The number of carbonyl (C=O) groups is 3. The number of aromatic nitrogens is 1. The molecule has 0 bridgehead atoms. The maximum Gasteiger partial charge on any atom is 0.354 e. The number of carbonyl (C=O) groups excluding carboxylic acids is 3. The minimum absolute atomic E-state index is 0.157.